The van der Waals surface area contributed by atoms with Crippen molar-refractivity contribution in [2.24, 2.45) is 0 Å². The van der Waals surface area contributed by atoms with Gasteiger partial charge in [-0.15, -0.1) is 0 Å². The summed E-state index contributed by atoms with van der Waals surface area (Å²) in [5.74, 6) is 0. The van der Waals surface area contributed by atoms with Gasteiger partial charge in [-0.25, -0.2) is 0 Å². The third-order valence-electron chi connectivity index (χ3n) is 3.65. The Morgan fingerprint density at radius 3 is 2.88 bits per heavy atom. The Morgan fingerprint density at radius 1 is 1.25 bits per heavy atom. The molecule has 16 heavy (non-hydrogen) atoms. The Labute approximate surface area is 101 Å². The summed E-state index contributed by atoms with van der Waals surface area (Å²) < 4.78 is 0. The van der Waals surface area contributed by atoms with Crippen LogP contribution in [-0.4, -0.2) is 18.6 Å². The molecular formula is C13H17ClN2. The molecule has 86 valence electrons. The molecule has 3 rings (SSSR count). The number of benzene rings is 1. The molecule has 1 aliphatic heterocycles. The van der Waals surface area contributed by atoms with E-state index in [2.05, 4.69) is 22.8 Å². The van der Waals surface area contributed by atoms with Crippen molar-refractivity contribution in [1.82, 2.24) is 5.32 Å². The second-order valence-corrected chi connectivity index (χ2v) is 5.31. The Bertz CT molecular complexity index is 388. The maximum Gasteiger partial charge on any atom is 0.0410 e. The third kappa shape index (κ3) is 2.04. The van der Waals surface area contributed by atoms with Gasteiger partial charge in [0.1, 0.15) is 0 Å². The average Bonchev–Trinajstić information content (AvgIpc) is 2.23. The molecular weight excluding hydrogens is 220 g/mol. The molecule has 1 fully saturated rings. The van der Waals surface area contributed by atoms with Crippen LogP contribution < -0.4 is 10.6 Å². The Morgan fingerprint density at radius 2 is 2.12 bits per heavy atom. The molecule has 0 aromatic heterocycles. The van der Waals surface area contributed by atoms with Crippen molar-refractivity contribution in [1.29, 1.82) is 0 Å². The summed E-state index contributed by atoms with van der Waals surface area (Å²) in [6.07, 6.45) is 5.18. The maximum atomic E-state index is 6.02. The van der Waals surface area contributed by atoms with Crippen LogP contribution in [0.25, 0.3) is 0 Å². The topological polar surface area (TPSA) is 24.1 Å². The van der Waals surface area contributed by atoms with E-state index in [0.717, 1.165) is 24.0 Å². The van der Waals surface area contributed by atoms with Crippen LogP contribution in [0.1, 0.15) is 24.8 Å². The molecule has 2 nitrogen and oxygen atoms in total. The molecule has 0 spiro atoms. The molecule has 1 atom stereocenters. The van der Waals surface area contributed by atoms with Gasteiger partial charge in [0.2, 0.25) is 0 Å². The molecule has 0 amide bonds. The minimum atomic E-state index is 0.566. The van der Waals surface area contributed by atoms with Crippen molar-refractivity contribution in [3.63, 3.8) is 0 Å². The molecule has 1 saturated carbocycles. The zero-order valence-corrected chi connectivity index (χ0v) is 10.1. The summed E-state index contributed by atoms with van der Waals surface area (Å²) in [5.41, 5.74) is 2.59. The summed E-state index contributed by atoms with van der Waals surface area (Å²) in [6, 6.07) is 7.44. The molecule has 3 heteroatoms. The SMILES string of the molecule is Clc1ccc2c(c1)CC(NC1CCC1)CN2. The van der Waals surface area contributed by atoms with Gasteiger partial charge in [0.25, 0.3) is 0 Å². The van der Waals surface area contributed by atoms with Crippen molar-refractivity contribution >= 4 is 17.3 Å². The number of hydrogen-bond acceptors (Lipinski definition) is 2. The number of nitrogens with one attached hydrogen (secondary N) is 2. The van der Waals surface area contributed by atoms with Crippen LogP contribution in [0.5, 0.6) is 0 Å². The van der Waals surface area contributed by atoms with E-state index in [1.165, 1.54) is 30.5 Å². The van der Waals surface area contributed by atoms with Gasteiger partial charge >= 0.3 is 0 Å². The normalized spacial score (nSPS) is 24.4. The molecule has 1 aliphatic carbocycles. The van der Waals surface area contributed by atoms with E-state index < -0.39 is 0 Å². The smallest absolute Gasteiger partial charge is 0.0410 e. The largest absolute Gasteiger partial charge is 0.383 e. The van der Waals surface area contributed by atoms with Crippen LogP contribution in [-0.2, 0) is 6.42 Å². The van der Waals surface area contributed by atoms with Crippen molar-refractivity contribution in [2.75, 3.05) is 11.9 Å². The fraction of sp³-hybridized carbons (Fsp3) is 0.538. The minimum absolute atomic E-state index is 0.566. The van der Waals surface area contributed by atoms with Crippen LogP contribution in [0, 0.1) is 0 Å². The maximum absolute atomic E-state index is 6.02. The first kappa shape index (κ1) is 10.4. The van der Waals surface area contributed by atoms with E-state index in [1.54, 1.807) is 0 Å². The van der Waals surface area contributed by atoms with Crippen molar-refractivity contribution < 1.29 is 0 Å². The van der Waals surface area contributed by atoms with Crippen molar-refractivity contribution in [3.8, 4) is 0 Å². The monoisotopic (exact) mass is 236 g/mol. The van der Waals surface area contributed by atoms with Crippen LogP contribution in [0.3, 0.4) is 0 Å². The molecule has 2 N–H and O–H groups in total. The summed E-state index contributed by atoms with van der Waals surface area (Å²) >= 11 is 6.02. The van der Waals surface area contributed by atoms with Gasteiger partial charge in [-0.2, -0.15) is 0 Å². The highest BCUT2D eigenvalue weighted by molar-refractivity contribution is 6.30. The summed E-state index contributed by atoms with van der Waals surface area (Å²) in [4.78, 5) is 0. The van der Waals surface area contributed by atoms with Gasteiger partial charge in [0.05, 0.1) is 0 Å². The minimum Gasteiger partial charge on any atom is -0.383 e. The van der Waals surface area contributed by atoms with Gasteiger partial charge in [0.15, 0.2) is 0 Å². The molecule has 1 aromatic carbocycles. The predicted molar refractivity (Wildman–Crippen MR) is 68.2 cm³/mol. The third-order valence-corrected chi connectivity index (χ3v) is 3.88. The second kappa shape index (κ2) is 4.27. The Balaban J connectivity index is 1.69. The Hall–Kier alpha value is -0.730. The van der Waals surface area contributed by atoms with E-state index in [1.807, 2.05) is 6.07 Å². The molecule has 1 aromatic rings. The number of hydrogen-bond donors (Lipinski definition) is 2. The fourth-order valence-electron chi connectivity index (χ4n) is 2.50. The summed E-state index contributed by atoms with van der Waals surface area (Å²) in [6.45, 7) is 1.03. The highest BCUT2D eigenvalue weighted by atomic mass is 35.5. The quantitative estimate of drug-likeness (QED) is 0.825. The lowest BCUT2D eigenvalue weighted by Crippen LogP contribution is -2.48. The first-order chi connectivity index (χ1) is 7.81. The molecule has 0 radical (unpaired) electrons. The standard InChI is InChI=1S/C13H17ClN2/c14-10-4-5-13-9(6-10)7-12(8-15-13)16-11-2-1-3-11/h4-6,11-12,15-16H,1-3,7-8H2. The van der Waals surface area contributed by atoms with E-state index in [9.17, 15) is 0 Å². The number of halogens is 1. The summed E-state index contributed by atoms with van der Waals surface area (Å²) in [7, 11) is 0. The van der Waals surface area contributed by atoms with E-state index in [-0.39, 0.29) is 0 Å². The van der Waals surface area contributed by atoms with Crippen LogP contribution in [0.4, 0.5) is 5.69 Å². The molecule has 0 saturated heterocycles. The van der Waals surface area contributed by atoms with Crippen molar-refractivity contribution in [3.05, 3.63) is 28.8 Å². The van der Waals surface area contributed by atoms with Gasteiger partial charge in [0, 0.05) is 29.3 Å². The average molecular weight is 237 g/mol. The van der Waals surface area contributed by atoms with Crippen LogP contribution >= 0.6 is 11.6 Å². The second-order valence-electron chi connectivity index (χ2n) is 4.88. The van der Waals surface area contributed by atoms with Gasteiger partial charge < -0.3 is 10.6 Å². The molecule has 1 heterocycles. The van der Waals surface area contributed by atoms with Gasteiger partial charge in [-0.1, -0.05) is 18.0 Å². The zero-order chi connectivity index (χ0) is 11.0. The molecule has 0 bridgehead atoms. The van der Waals surface area contributed by atoms with Gasteiger partial charge in [-0.05, 0) is 43.0 Å². The lowest BCUT2D eigenvalue weighted by Gasteiger charge is -2.34. The number of rotatable bonds is 2. The lowest BCUT2D eigenvalue weighted by atomic mass is 9.90. The highest BCUT2D eigenvalue weighted by Crippen LogP contribution is 2.26. The van der Waals surface area contributed by atoms with Crippen LogP contribution in [0.15, 0.2) is 18.2 Å². The lowest BCUT2D eigenvalue weighted by molar-refractivity contribution is 0.304. The van der Waals surface area contributed by atoms with Crippen molar-refractivity contribution in [2.45, 2.75) is 37.8 Å². The van der Waals surface area contributed by atoms with E-state index in [0.29, 0.717) is 6.04 Å². The summed E-state index contributed by atoms with van der Waals surface area (Å²) in [5, 5.41) is 8.02. The zero-order valence-electron chi connectivity index (χ0n) is 9.30. The Kier molecular flexibility index (Phi) is 2.78. The van der Waals surface area contributed by atoms with Gasteiger partial charge in [-0.3, -0.25) is 0 Å². The fourth-order valence-corrected chi connectivity index (χ4v) is 2.70. The highest BCUT2D eigenvalue weighted by Gasteiger charge is 2.24. The number of anilines is 1. The molecule has 1 unspecified atom stereocenters. The first-order valence-electron chi connectivity index (χ1n) is 6.09. The van der Waals surface area contributed by atoms with E-state index >= 15 is 0 Å². The predicted octanol–water partition coefficient (Wildman–Crippen LogP) is 2.82. The van der Waals surface area contributed by atoms with Crippen LogP contribution in [0.2, 0.25) is 5.02 Å². The first-order valence-corrected chi connectivity index (χ1v) is 6.47. The number of fused-ring (bicyclic) bond motifs is 1. The van der Waals surface area contributed by atoms with E-state index in [4.69, 9.17) is 11.6 Å². The molecule has 2 aliphatic rings.